The molecule has 0 saturated heterocycles. The van der Waals surface area contributed by atoms with Crippen LogP contribution in [0.5, 0.6) is 0 Å². The van der Waals surface area contributed by atoms with E-state index in [9.17, 15) is 14.7 Å². The van der Waals surface area contributed by atoms with Crippen LogP contribution in [0.15, 0.2) is 36.4 Å². The maximum Gasteiger partial charge on any atom is 0.356 e. The van der Waals surface area contributed by atoms with Crippen LogP contribution in [0.25, 0.3) is 10.9 Å². The summed E-state index contributed by atoms with van der Waals surface area (Å²) in [6.07, 6.45) is 0.575. The summed E-state index contributed by atoms with van der Waals surface area (Å²) < 4.78 is 1.59. The maximum atomic E-state index is 12.8. The molecule has 1 amide bonds. The minimum Gasteiger partial charge on any atom is -0.476 e. The number of amides is 1. The number of pyridine rings is 1. The molecule has 3 heterocycles. The summed E-state index contributed by atoms with van der Waals surface area (Å²) >= 11 is 0. The largest absolute Gasteiger partial charge is 0.476 e. The first-order chi connectivity index (χ1) is 12.0. The second-order valence-corrected chi connectivity index (χ2v) is 6.07. The molecule has 7 nitrogen and oxygen atoms in total. The van der Waals surface area contributed by atoms with Crippen molar-refractivity contribution in [3.05, 3.63) is 59.0 Å². The summed E-state index contributed by atoms with van der Waals surface area (Å²) in [6.45, 7) is 0.747. The fourth-order valence-corrected chi connectivity index (χ4v) is 3.28. The molecule has 2 aromatic heterocycles. The molecule has 1 aliphatic rings. The number of benzene rings is 1. The van der Waals surface area contributed by atoms with Crippen LogP contribution in [-0.2, 0) is 20.0 Å². The number of rotatable bonds is 2. The SMILES string of the molecule is Cn1nc(C(=O)O)c2c1CCN(C(=O)c1ccc3ccccc3n1)C2. The molecular weight excluding hydrogens is 320 g/mol. The highest BCUT2D eigenvalue weighted by Gasteiger charge is 2.30. The first kappa shape index (κ1) is 15.3. The molecule has 4 rings (SSSR count). The predicted octanol–water partition coefficient (Wildman–Crippen LogP) is 1.86. The van der Waals surface area contributed by atoms with Gasteiger partial charge in [0, 0.05) is 36.7 Å². The number of aryl methyl sites for hydroxylation is 1. The van der Waals surface area contributed by atoms with Gasteiger partial charge in [0.05, 0.1) is 12.1 Å². The van der Waals surface area contributed by atoms with E-state index in [4.69, 9.17) is 0 Å². The Bertz CT molecular complexity index is 1010. The minimum absolute atomic E-state index is 0.0153. The van der Waals surface area contributed by atoms with Gasteiger partial charge in [-0.3, -0.25) is 9.48 Å². The lowest BCUT2D eigenvalue weighted by Gasteiger charge is -2.27. The van der Waals surface area contributed by atoms with Crippen LogP contribution in [0.1, 0.15) is 32.2 Å². The Balaban J connectivity index is 1.66. The predicted molar refractivity (Wildman–Crippen MR) is 90.4 cm³/mol. The average molecular weight is 336 g/mol. The third-order valence-electron chi connectivity index (χ3n) is 4.55. The quantitative estimate of drug-likeness (QED) is 0.772. The Morgan fingerprint density at radius 1 is 1.16 bits per heavy atom. The molecule has 3 aromatic rings. The molecular formula is C18H16N4O3. The second-order valence-electron chi connectivity index (χ2n) is 6.07. The Morgan fingerprint density at radius 2 is 1.96 bits per heavy atom. The lowest BCUT2D eigenvalue weighted by molar-refractivity contribution is 0.0673. The molecule has 0 unspecified atom stereocenters. The molecule has 126 valence electrons. The average Bonchev–Trinajstić information content (AvgIpc) is 2.97. The molecule has 0 aliphatic carbocycles. The molecule has 0 saturated carbocycles. The number of carbonyl (C=O) groups is 2. The zero-order valence-corrected chi connectivity index (χ0v) is 13.6. The van der Waals surface area contributed by atoms with Gasteiger partial charge in [0.1, 0.15) is 5.69 Å². The third kappa shape index (κ3) is 2.53. The molecule has 25 heavy (non-hydrogen) atoms. The maximum absolute atomic E-state index is 12.8. The van der Waals surface area contributed by atoms with E-state index in [2.05, 4.69) is 10.1 Å². The molecule has 1 aliphatic heterocycles. The Hall–Kier alpha value is -3.22. The number of fused-ring (bicyclic) bond motifs is 2. The van der Waals surface area contributed by atoms with Gasteiger partial charge in [0.2, 0.25) is 0 Å². The second kappa shape index (κ2) is 5.70. The van der Waals surface area contributed by atoms with Crippen LogP contribution < -0.4 is 0 Å². The summed E-state index contributed by atoms with van der Waals surface area (Å²) in [5, 5.41) is 14.4. The van der Waals surface area contributed by atoms with Crippen molar-refractivity contribution in [1.82, 2.24) is 19.7 Å². The summed E-state index contributed by atoms with van der Waals surface area (Å²) in [6, 6.07) is 11.2. The highest BCUT2D eigenvalue weighted by atomic mass is 16.4. The molecule has 0 fully saturated rings. The monoisotopic (exact) mass is 336 g/mol. The molecule has 1 aromatic carbocycles. The van der Waals surface area contributed by atoms with Crippen LogP contribution in [0.3, 0.4) is 0 Å². The summed E-state index contributed by atoms with van der Waals surface area (Å²) in [5.74, 6) is -1.27. The lowest BCUT2D eigenvalue weighted by atomic mass is 10.0. The van der Waals surface area contributed by atoms with Gasteiger partial charge in [0.25, 0.3) is 5.91 Å². The van der Waals surface area contributed by atoms with Gasteiger partial charge in [-0.25, -0.2) is 9.78 Å². The normalized spacial score (nSPS) is 13.7. The number of nitrogens with zero attached hydrogens (tertiary/aromatic N) is 4. The number of carboxylic acid groups (broad SMARTS) is 1. The molecule has 7 heteroatoms. The van der Waals surface area contributed by atoms with Crippen molar-refractivity contribution in [1.29, 1.82) is 0 Å². The first-order valence-electron chi connectivity index (χ1n) is 7.97. The number of carbonyl (C=O) groups excluding carboxylic acids is 1. The van der Waals surface area contributed by atoms with E-state index >= 15 is 0 Å². The topological polar surface area (TPSA) is 88.3 Å². The number of aromatic nitrogens is 3. The van der Waals surface area contributed by atoms with E-state index in [-0.39, 0.29) is 18.1 Å². The van der Waals surface area contributed by atoms with Crippen LogP contribution in [-0.4, -0.2) is 43.2 Å². The summed E-state index contributed by atoms with van der Waals surface area (Å²) in [5.41, 5.74) is 2.62. The smallest absolute Gasteiger partial charge is 0.356 e. The summed E-state index contributed by atoms with van der Waals surface area (Å²) in [7, 11) is 1.73. The standard InChI is InChI=1S/C18H16N4O3/c1-21-15-8-9-22(10-12(15)16(20-21)18(24)25)17(23)14-7-6-11-4-2-3-5-13(11)19-14/h2-7H,8-10H2,1H3,(H,24,25). The van der Waals surface area contributed by atoms with Crippen LogP contribution in [0.4, 0.5) is 0 Å². The highest BCUT2D eigenvalue weighted by molar-refractivity contribution is 5.95. The Labute approximate surface area is 143 Å². The zero-order chi connectivity index (χ0) is 17.6. The van der Waals surface area contributed by atoms with E-state index in [1.807, 2.05) is 30.3 Å². The van der Waals surface area contributed by atoms with Crippen LogP contribution in [0, 0.1) is 0 Å². The fourth-order valence-electron chi connectivity index (χ4n) is 3.28. The van der Waals surface area contributed by atoms with Crippen molar-refractivity contribution in [2.24, 2.45) is 7.05 Å². The van der Waals surface area contributed by atoms with E-state index in [0.29, 0.717) is 24.2 Å². The van der Waals surface area contributed by atoms with Crippen molar-refractivity contribution in [3.8, 4) is 0 Å². The highest BCUT2D eigenvalue weighted by Crippen LogP contribution is 2.23. The number of carboxylic acids is 1. The van der Waals surface area contributed by atoms with Crippen LogP contribution >= 0.6 is 0 Å². The van der Waals surface area contributed by atoms with Crippen molar-refractivity contribution in [2.45, 2.75) is 13.0 Å². The van der Waals surface area contributed by atoms with Crippen molar-refractivity contribution < 1.29 is 14.7 Å². The summed E-state index contributed by atoms with van der Waals surface area (Å²) in [4.78, 5) is 30.3. The number of aromatic carboxylic acids is 1. The molecule has 0 radical (unpaired) electrons. The van der Waals surface area contributed by atoms with Crippen molar-refractivity contribution in [2.75, 3.05) is 6.54 Å². The number of para-hydroxylation sites is 1. The Kier molecular flexibility index (Phi) is 3.49. The van der Waals surface area contributed by atoms with E-state index in [1.54, 1.807) is 22.7 Å². The molecule has 1 N–H and O–H groups in total. The minimum atomic E-state index is -1.07. The molecule has 0 spiro atoms. The molecule has 0 bridgehead atoms. The lowest BCUT2D eigenvalue weighted by Crippen LogP contribution is -2.37. The van der Waals surface area contributed by atoms with Gasteiger partial charge in [0.15, 0.2) is 5.69 Å². The van der Waals surface area contributed by atoms with E-state index in [1.165, 1.54) is 0 Å². The van der Waals surface area contributed by atoms with Gasteiger partial charge in [-0.15, -0.1) is 0 Å². The van der Waals surface area contributed by atoms with Gasteiger partial charge in [-0.05, 0) is 12.1 Å². The van der Waals surface area contributed by atoms with E-state index < -0.39 is 5.97 Å². The third-order valence-corrected chi connectivity index (χ3v) is 4.55. The van der Waals surface area contributed by atoms with Gasteiger partial charge in [-0.2, -0.15) is 5.10 Å². The number of hydrogen-bond donors (Lipinski definition) is 1. The van der Waals surface area contributed by atoms with Crippen molar-refractivity contribution in [3.63, 3.8) is 0 Å². The molecule has 0 atom stereocenters. The van der Waals surface area contributed by atoms with Gasteiger partial charge < -0.3 is 10.0 Å². The fraction of sp³-hybridized carbons (Fsp3) is 0.222. The van der Waals surface area contributed by atoms with Crippen LogP contribution in [0.2, 0.25) is 0 Å². The zero-order valence-electron chi connectivity index (χ0n) is 13.6. The van der Waals surface area contributed by atoms with E-state index in [0.717, 1.165) is 16.6 Å². The Morgan fingerprint density at radius 3 is 2.76 bits per heavy atom. The van der Waals surface area contributed by atoms with Crippen molar-refractivity contribution >= 4 is 22.8 Å². The number of hydrogen-bond acceptors (Lipinski definition) is 4. The van der Waals surface area contributed by atoms with Gasteiger partial charge >= 0.3 is 5.97 Å². The first-order valence-corrected chi connectivity index (χ1v) is 7.97. The van der Waals surface area contributed by atoms with Gasteiger partial charge in [-0.1, -0.05) is 24.3 Å².